The summed E-state index contributed by atoms with van der Waals surface area (Å²) in [5, 5.41) is 1.91. The van der Waals surface area contributed by atoms with Gasteiger partial charge in [-0.3, -0.25) is 0 Å². The summed E-state index contributed by atoms with van der Waals surface area (Å²) < 4.78 is 7.93. The molecule has 1 aromatic carbocycles. The maximum Gasteiger partial charge on any atom is 0.0652 e. The van der Waals surface area contributed by atoms with Crippen LogP contribution in [-0.4, -0.2) is 16.8 Å². The predicted octanol–water partition coefficient (Wildman–Crippen LogP) is 3.57. The van der Waals surface area contributed by atoms with Crippen molar-refractivity contribution in [3.8, 4) is 0 Å². The second-order valence-corrected chi connectivity index (χ2v) is 6.11. The lowest BCUT2D eigenvalue weighted by atomic mass is 10.2. The number of fused-ring (bicyclic) bond motifs is 1. The zero-order valence-corrected chi connectivity index (χ0v) is 12.5. The lowest BCUT2D eigenvalue weighted by Crippen LogP contribution is -2.21. The highest BCUT2D eigenvalue weighted by Gasteiger charge is 2.11. The number of hydrogen-bond acceptors (Lipinski definition) is 2. The Hall–Kier alpha value is -1.03. The number of aromatic nitrogens is 1. The van der Waals surface area contributed by atoms with Crippen LogP contribution in [0, 0.1) is 0 Å². The smallest absolute Gasteiger partial charge is 0.0652 e. The van der Waals surface area contributed by atoms with Crippen LogP contribution in [0.2, 0.25) is 5.02 Å². The molecule has 3 nitrogen and oxygen atoms in total. The molecular formula is C15H21ClN2O. The number of nitrogens with zero attached hydrogens (tertiary/aromatic N) is 1. The average Bonchev–Trinajstić information content (AvgIpc) is 2.65. The van der Waals surface area contributed by atoms with Gasteiger partial charge in [-0.25, -0.2) is 0 Å². The van der Waals surface area contributed by atoms with Crippen LogP contribution in [0.3, 0.4) is 0 Å². The molecule has 0 aliphatic carbocycles. The zero-order valence-electron chi connectivity index (χ0n) is 11.7. The predicted molar refractivity (Wildman–Crippen MR) is 80.5 cm³/mol. The summed E-state index contributed by atoms with van der Waals surface area (Å²) in [5.41, 5.74) is 7.93. The Morgan fingerprint density at radius 3 is 2.68 bits per heavy atom. The minimum Gasteiger partial charge on any atom is -0.374 e. The van der Waals surface area contributed by atoms with Gasteiger partial charge in [0.2, 0.25) is 0 Å². The number of halogens is 1. The molecule has 0 spiro atoms. The minimum atomic E-state index is -0.114. The van der Waals surface area contributed by atoms with E-state index in [-0.39, 0.29) is 5.60 Å². The largest absolute Gasteiger partial charge is 0.374 e. The molecule has 0 fully saturated rings. The molecule has 19 heavy (non-hydrogen) atoms. The van der Waals surface area contributed by atoms with Gasteiger partial charge in [-0.05, 0) is 38.5 Å². The van der Waals surface area contributed by atoms with Crippen molar-refractivity contribution in [3.05, 3.63) is 35.0 Å². The molecule has 0 atom stereocenters. The van der Waals surface area contributed by atoms with Gasteiger partial charge in [-0.1, -0.05) is 17.7 Å². The van der Waals surface area contributed by atoms with E-state index in [0.29, 0.717) is 13.2 Å². The van der Waals surface area contributed by atoms with Crippen LogP contribution in [0.25, 0.3) is 10.9 Å². The van der Waals surface area contributed by atoms with E-state index in [1.54, 1.807) is 0 Å². The van der Waals surface area contributed by atoms with E-state index in [4.69, 9.17) is 22.1 Å². The van der Waals surface area contributed by atoms with Crippen molar-refractivity contribution >= 4 is 22.5 Å². The van der Waals surface area contributed by atoms with Gasteiger partial charge in [-0.2, -0.15) is 0 Å². The van der Waals surface area contributed by atoms with Gasteiger partial charge in [0, 0.05) is 35.2 Å². The first-order chi connectivity index (χ1) is 8.90. The fourth-order valence-electron chi connectivity index (χ4n) is 2.14. The molecular weight excluding hydrogens is 260 g/mol. The normalized spacial score (nSPS) is 12.3. The Morgan fingerprint density at radius 1 is 1.32 bits per heavy atom. The maximum atomic E-state index is 6.07. The van der Waals surface area contributed by atoms with Gasteiger partial charge >= 0.3 is 0 Å². The van der Waals surface area contributed by atoms with Gasteiger partial charge in [0.1, 0.15) is 0 Å². The van der Waals surface area contributed by atoms with Crippen LogP contribution in [0.1, 0.15) is 26.3 Å². The van der Waals surface area contributed by atoms with E-state index in [1.807, 2.05) is 18.2 Å². The third-order valence-electron chi connectivity index (χ3n) is 3.01. The molecule has 0 bridgehead atoms. The third-order valence-corrected chi connectivity index (χ3v) is 3.25. The fraction of sp³-hybridized carbons (Fsp3) is 0.467. The Bertz CT molecular complexity index is 569. The first-order valence-electron chi connectivity index (χ1n) is 6.52. The first kappa shape index (κ1) is 14.4. The molecule has 2 aromatic rings. The van der Waals surface area contributed by atoms with E-state index >= 15 is 0 Å². The second kappa shape index (κ2) is 5.53. The van der Waals surface area contributed by atoms with Crippen LogP contribution < -0.4 is 5.73 Å². The molecule has 1 aromatic heterocycles. The second-order valence-electron chi connectivity index (χ2n) is 5.67. The van der Waals surface area contributed by atoms with Crippen LogP contribution in [-0.2, 0) is 17.8 Å². The number of nitrogens with two attached hydrogens (primary N) is 1. The van der Waals surface area contributed by atoms with Gasteiger partial charge in [0.25, 0.3) is 0 Å². The summed E-state index contributed by atoms with van der Waals surface area (Å²) in [7, 11) is 0. The van der Waals surface area contributed by atoms with E-state index in [9.17, 15) is 0 Å². The maximum absolute atomic E-state index is 6.07. The van der Waals surface area contributed by atoms with Crippen LogP contribution in [0.5, 0.6) is 0 Å². The fourth-order valence-corrected chi connectivity index (χ4v) is 2.31. The molecule has 0 aliphatic rings. The first-order valence-corrected chi connectivity index (χ1v) is 6.90. The van der Waals surface area contributed by atoms with Crippen molar-refractivity contribution in [2.45, 2.75) is 39.5 Å². The van der Waals surface area contributed by atoms with Crippen molar-refractivity contribution in [1.82, 2.24) is 4.57 Å². The standard InChI is InChI=1S/C15H21ClN2O/c1-15(2,3)19-7-6-18-10-11(9-17)13-5-4-12(16)8-14(13)18/h4-5,8,10H,6-7,9,17H2,1-3H3. The van der Waals surface area contributed by atoms with Gasteiger partial charge in [-0.15, -0.1) is 0 Å². The third kappa shape index (κ3) is 3.50. The highest BCUT2D eigenvalue weighted by Crippen LogP contribution is 2.24. The molecule has 104 valence electrons. The monoisotopic (exact) mass is 280 g/mol. The van der Waals surface area contributed by atoms with Crippen LogP contribution >= 0.6 is 11.6 Å². The zero-order chi connectivity index (χ0) is 14.0. The number of rotatable bonds is 4. The number of hydrogen-bond donors (Lipinski definition) is 1. The van der Waals surface area contributed by atoms with E-state index in [2.05, 4.69) is 31.5 Å². The molecule has 2 N–H and O–H groups in total. The van der Waals surface area contributed by atoms with Crippen molar-refractivity contribution in [3.63, 3.8) is 0 Å². The highest BCUT2D eigenvalue weighted by molar-refractivity contribution is 6.31. The topological polar surface area (TPSA) is 40.2 Å². The Balaban J connectivity index is 2.25. The summed E-state index contributed by atoms with van der Waals surface area (Å²) >= 11 is 6.07. The molecule has 0 saturated carbocycles. The average molecular weight is 281 g/mol. The molecule has 0 aliphatic heterocycles. The molecule has 1 heterocycles. The van der Waals surface area contributed by atoms with E-state index in [0.717, 1.165) is 22.6 Å². The highest BCUT2D eigenvalue weighted by atomic mass is 35.5. The van der Waals surface area contributed by atoms with Gasteiger partial charge in [0.15, 0.2) is 0 Å². The van der Waals surface area contributed by atoms with Crippen LogP contribution in [0.4, 0.5) is 0 Å². The molecule has 0 unspecified atom stereocenters. The lowest BCUT2D eigenvalue weighted by Gasteiger charge is -2.19. The SMILES string of the molecule is CC(C)(C)OCCn1cc(CN)c2ccc(Cl)cc21. The Labute approximate surface area is 119 Å². The number of benzene rings is 1. The quantitative estimate of drug-likeness (QED) is 0.930. The molecule has 0 saturated heterocycles. The van der Waals surface area contributed by atoms with E-state index < -0.39 is 0 Å². The molecule has 0 radical (unpaired) electrons. The van der Waals surface area contributed by atoms with Crippen molar-refractivity contribution < 1.29 is 4.74 Å². The molecule has 0 amide bonds. The van der Waals surface area contributed by atoms with Crippen molar-refractivity contribution in [1.29, 1.82) is 0 Å². The Kier molecular flexibility index (Phi) is 4.19. The van der Waals surface area contributed by atoms with Gasteiger partial charge in [0.05, 0.1) is 12.2 Å². The molecule has 4 heteroatoms. The van der Waals surface area contributed by atoms with Crippen LogP contribution in [0.15, 0.2) is 24.4 Å². The molecule has 2 rings (SSSR count). The minimum absolute atomic E-state index is 0.114. The van der Waals surface area contributed by atoms with E-state index in [1.165, 1.54) is 5.39 Å². The summed E-state index contributed by atoms with van der Waals surface area (Å²) in [6.07, 6.45) is 2.09. The summed E-state index contributed by atoms with van der Waals surface area (Å²) in [4.78, 5) is 0. The van der Waals surface area contributed by atoms with Crippen molar-refractivity contribution in [2.75, 3.05) is 6.61 Å². The van der Waals surface area contributed by atoms with Gasteiger partial charge < -0.3 is 15.0 Å². The number of ether oxygens (including phenoxy) is 1. The van der Waals surface area contributed by atoms with Crippen molar-refractivity contribution in [2.24, 2.45) is 5.73 Å². The lowest BCUT2D eigenvalue weighted by molar-refractivity contribution is -0.00645. The summed E-state index contributed by atoms with van der Waals surface area (Å²) in [6, 6.07) is 5.91. The summed E-state index contributed by atoms with van der Waals surface area (Å²) in [6.45, 7) is 8.18. The Morgan fingerprint density at radius 2 is 2.05 bits per heavy atom. The summed E-state index contributed by atoms with van der Waals surface area (Å²) in [5.74, 6) is 0.